The quantitative estimate of drug-likeness (QED) is 0.139. The number of piperazine rings is 2. The summed E-state index contributed by atoms with van der Waals surface area (Å²) in [5.41, 5.74) is -1.07. The first-order valence-corrected chi connectivity index (χ1v) is 19.5. The summed E-state index contributed by atoms with van der Waals surface area (Å²) in [4.78, 5) is 52.8. The number of carboxylic acid groups (broad SMARTS) is 2. The van der Waals surface area contributed by atoms with Gasteiger partial charge < -0.3 is 54.7 Å². The highest BCUT2D eigenvalue weighted by atomic mass is 35.5. The number of halogens is 6. The summed E-state index contributed by atoms with van der Waals surface area (Å²) in [6, 6.07) is 13.0. The summed E-state index contributed by atoms with van der Waals surface area (Å²) in [7, 11) is 2.74. The van der Waals surface area contributed by atoms with Gasteiger partial charge in [0, 0.05) is 75.1 Å². The Balaban J connectivity index is 0.000000272. The summed E-state index contributed by atoms with van der Waals surface area (Å²) in [5, 5.41) is 25.3. The largest absolute Gasteiger partial charge is 0.492 e. The number of methoxy groups -OCH3 is 2. The van der Waals surface area contributed by atoms with Crippen molar-refractivity contribution in [2.75, 3.05) is 63.3 Å². The van der Waals surface area contributed by atoms with Crippen molar-refractivity contribution in [3.63, 3.8) is 0 Å². The number of carboxylic acids is 2. The molecule has 2 atom stereocenters. The predicted octanol–water partition coefficient (Wildman–Crippen LogP) is 5.57. The third-order valence-corrected chi connectivity index (χ3v) is 10.8. The molecule has 0 bridgehead atoms. The second-order valence-corrected chi connectivity index (χ2v) is 14.9. The summed E-state index contributed by atoms with van der Waals surface area (Å²) >= 11 is 0. The Hall–Kier alpha value is -6.38. The van der Waals surface area contributed by atoms with Crippen LogP contribution in [0, 0.1) is 23.3 Å². The molecule has 4 aromatic carbocycles. The van der Waals surface area contributed by atoms with Crippen LogP contribution in [0.2, 0.25) is 0 Å². The van der Waals surface area contributed by atoms with Crippen molar-refractivity contribution in [3.05, 3.63) is 128 Å². The average Bonchev–Trinajstić information content (AvgIpc) is 3.24. The van der Waals surface area contributed by atoms with Crippen molar-refractivity contribution in [2.24, 2.45) is 0 Å². The molecule has 2 aliphatic heterocycles. The van der Waals surface area contributed by atoms with Crippen LogP contribution < -0.4 is 40.8 Å². The molecule has 2 fully saturated rings. The van der Waals surface area contributed by atoms with Crippen LogP contribution in [-0.2, 0) is 0 Å². The molecule has 2 unspecified atom stereocenters. The van der Waals surface area contributed by atoms with Crippen molar-refractivity contribution in [2.45, 2.75) is 25.9 Å². The number of nitrogens with zero attached hydrogens (tertiary/aromatic N) is 4. The molecule has 4 heterocycles. The molecule has 8 rings (SSSR count). The Bertz CT molecular complexity index is 2660. The fraction of sp³-hybridized carbons (Fsp3) is 0.273. The van der Waals surface area contributed by atoms with E-state index in [2.05, 4.69) is 10.6 Å². The Morgan fingerprint density at radius 2 is 0.969 bits per heavy atom. The minimum absolute atomic E-state index is 0. The van der Waals surface area contributed by atoms with E-state index in [4.69, 9.17) is 9.47 Å². The van der Waals surface area contributed by atoms with E-state index in [1.54, 1.807) is 0 Å². The van der Waals surface area contributed by atoms with Gasteiger partial charge in [-0.1, -0.05) is 0 Å². The Morgan fingerprint density at radius 3 is 1.26 bits per heavy atom. The van der Waals surface area contributed by atoms with Crippen molar-refractivity contribution < 1.29 is 52.3 Å². The summed E-state index contributed by atoms with van der Waals surface area (Å²) in [5.74, 6) is -4.95. The first kappa shape index (κ1) is 51.3. The van der Waals surface area contributed by atoms with Crippen molar-refractivity contribution in [1.29, 1.82) is 0 Å². The zero-order valence-corrected chi connectivity index (χ0v) is 36.9. The number of benzene rings is 4. The van der Waals surface area contributed by atoms with Crippen LogP contribution in [-0.4, -0.2) is 102 Å². The molecule has 0 aliphatic carbocycles. The SMILES string of the molecule is COc1c(N2CCNC(C)C2)c(F)cc2c(=O)c(C(=O)O)cn(-c3ccc(F)cc3)c12.COc1c(N2CCNC(C)C2)c(F)cc2c(=O)c(C(=O)O)cn(-c3ccc(F)cc3)c12.Cl.Cl.O. The molecule has 21 heteroatoms. The number of aromatic nitrogens is 2. The Kier molecular flexibility index (Phi) is 16.6. The molecule has 2 aliphatic rings. The molecular formula is C44H46Cl2F4N6O9. The molecule has 348 valence electrons. The van der Waals surface area contributed by atoms with E-state index in [9.17, 15) is 38.2 Å². The van der Waals surface area contributed by atoms with E-state index in [0.717, 1.165) is 24.5 Å². The Morgan fingerprint density at radius 1 is 0.631 bits per heavy atom. The van der Waals surface area contributed by atoms with Crippen LogP contribution in [0.1, 0.15) is 34.6 Å². The maximum absolute atomic E-state index is 15.3. The van der Waals surface area contributed by atoms with Crippen molar-refractivity contribution >= 4 is 69.9 Å². The third kappa shape index (κ3) is 9.98. The lowest BCUT2D eigenvalue weighted by Crippen LogP contribution is -2.49. The number of aromatic carboxylic acids is 2. The first-order valence-electron chi connectivity index (χ1n) is 19.5. The first-order chi connectivity index (χ1) is 29.6. The van der Waals surface area contributed by atoms with Crippen LogP contribution in [0.25, 0.3) is 33.2 Å². The highest BCUT2D eigenvalue weighted by Crippen LogP contribution is 2.41. The number of hydrogen-bond acceptors (Lipinski definition) is 10. The molecule has 15 nitrogen and oxygen atoms in total. The van der Waals surface area contributed by atoms with Gasteiger partial charge in [-0.3, -0.25) is 9.59 Å². The molecule has 6 N–H and O–H groups in total. The van der Waals surface area contributed by atoms with Gasteiger partial charge in [-0.2, -0.15) is 0 Å². The highest BCUT2D eigenvalue weighted by molar-refractivity contribution is 5.99. The number of hydrogen-bond donors (Lipinski definition) is 4. The van der Waals surface area contributed by atoms with Crippen LogP contribution in [0.5, 0.6) is 11.5 Å². The van der Waals surface area contributed by atoms with Gasteiger partial charge in [-0.15, -0.1) is 24.8 Å². The average molecular weight is 950 g/mol. The Labute approximate surface area is 380 Å². The van der Waals surface area contributed by atoms with Gasteiger partial charge in [0.1, 0.15) is 45.2 Å². The normalized spacial score (nSPS) is 15.8. The monoisotopic (exact) mass is 948 g/mol. The van der Waals surface area contributed by atoms with E-state index < -0.39 is 57.2 Å². The van der Waals surface area contributed by atoms with Gasteiger partial charge in [-0.25, -0.2) is 27.2 Å². The fourth-order valence-electron chi connectivity index (χ4n) is 7.99. The zero-order valence-electron chi connectivity index (χ0n) is 35.3. The smallest absolute Gasteiger partial charge is 0.341 e. The lowest BCUT2D eigenvalue weighted by Gasteiger charge is -2.35. The predicted molar refractivity (Wildman–Crippen MR) is 243 cm³/mol. The summed E-state index contributed by atoms with van der Waals surface area (Å²) in [6.45, 7) is 7.33. The van der Waals surface area contributed by atoms with Crippen molar-refractivity contribution in [1.82, 2.24) is 19.8 Å². The number of rotatable bonds is 8. The number of anilines is 2. The third-order valence-electron chi connectivity index (χ3n) is 10.8. The van der Waals surface area contributed by atoms with Crippen LogP contribution >= 0.6 is 24.8 Å². The fourth-order valence-corrected chi connectivity index (χ4v) is 7.99. The molecule has 6 aromatic rings. The van der Waals surface area contributed by atoms with E-state index in [1.807, 2.05) is 23.6 Å². The minimum Gasteiger partial charge on any atom is -0.492 e. The van der Waals surface area contributed by atoms with Crippen LogP contribution in [0.4, 0.5) is 28.9 Å². The molecule has 0 radical (unpaired) electrons. The number of pyridine rings is 2. The molecule has 65 heavy (non-hydrogen) atoms. The maximum Gasteiger partial charge on any atom is 0.341 e. The second kappa shape index (κ2) is 21.1. The van der Waals surface area contributed by atoms with Gasteiger partial charge in [-0.05, 0) is 74.5 Å². The number of ether oxygens (including phenoxy) is 2. The van der Waals surface area contributed by atoms with E-state index in [0.29, 0.717) is 50.6 Å². The van der Waals surface area contributed by atoms with Crippen LogP contribution in [0.15, 0.2) is 82.6 Å². The summed E-state index contributed by atoms with van der Waals surface area (Å²) < 4.78 is 71.6. The standard InChI is InChI=1S/2C22H21F2N3O4.2ClH.H2O/c2*1-12-10-26(8-7-25-12)19-17(24)9-15-18(21(19)31-2)27(11-16(20(15)28)22(29)30)14-5-3-13(23)4-6-14;;;/h2*3-6,9,11-12,25H,7-8,10H2,1-2H3,(H,29,30);2*1H;1H2. The molecule has 2 saturated heterocycles. The van der Waals surface area contributed by atoms with Gasteiger partial charge >= 0.3 is 11.9 Å². The number of carbonyl (C=O) groups is 2. The topological polar surface area (TPSA) is 199 Å². The van der Waals surface area contributed by atoms with Gasteiger partial charge in [0.05, 0.1) is 25.0 Å². The molecule has 2 aromatic heterocycles. The minimum atomic E-state index is -1.44. The highest BCUT2D eigenvalue weighted by Gasteiger charge is 2.30. The van der Waals surface area contributed by atoms with Gasteiger partial charge in [0.2, 0.25) is 10.9 Å². The number of fused-ring (bicyclic) bond motifs is 2. The molecule has 0 amide bonds. The molecule has 0 saturated carbocycles. The molecule has 0 spiro atoms. The van der Waals surface area contributed by atoms with E-state index in [-0.39, 0.29) is 87.1 Å². The van der Waals surface area contributed by atoms with Gasteiger partial charge in [0.15, 0.2) is 23.1 Å². The van der Waals surface area contributed by atoms with Crippen molar-refractivity contribution in [3.8, 4) is 22.9 Å². The van der Waals surface area contributed by atoms with Crippen LogP contribution in [0.3, 0.4) is 0 Å². The maximum atomic E-state index is 15.3. The summed E-state index contributed by atoms with van der Waals surface area (Å²) in [6.07, 6.45) is 2.32. The van der Waals surface area contributed by atoms with E-state index in [1.165, 1.54) is 71.9 Å². The van der Waals surface area contributed by atoms with E-state index >= 15 is 8.78 Å². The molecular weight excluding hydrogens is 903 g/mol. The lowest BCUT2D eigenvalue weighted by molar-refractivity contribution is 0.0684. The lowest BCUT2D eigenvalue weighted by atomic mass is 10.1. The number of nitrogens with one attached hydrogen (secondary N) is 2. The second-order valence-electron chi connectivity index (χ2n) is 14.9. The zero-order chi connectivity index (χ0) is 44.6. The van der Waals surface area contributed by atoms with Gasteiger partial charge in [0.25, 0.3) is 0 Å².